The van der Waals surface area contributed by atoms with Gasteiger partial charge in [-0.05, 0) is 25.3 Å². The van der Waals surface area contributed by atoms with Crippen molar-refractivity contribution in [1.82, 2.24) is 10.6 Å². The fourth-order valence-corrected chi connectivity index (χ4v) is 2.00. The first-order valence-corrected chi connectivity index (χ1v) is 8.17. The van der Waals surface area contributed by atoms with Crippen LogP contribution in [0.5, 0.6) is 0 Å². The van der Waals surface area contributed by atoms with Gasteiger partial charge in [-0.25, -0.2) is 0 Å². The van der Waals surface area contributed by atoms with Crippen molar-refractivity contribution in [2.24, 2.45) is 0 Å². The molecule has 23 heavy (non-hydrogen) atoms. The highest BCUT2D eigenvalue weighted by Crippen LogP contribution is 2.11. The Kier molecular flexibility index (Phi) is 11.9. The van der Waals surface area contributed by atoms with E-state index >= 15 is 0 Å². The van der Waals surface area contributed by atoms with E-state index in [4.69, 9.17) is 9.84 Å². The van der Waals surface area contributed by atoms with E-state index in [0.717, 1.165) is 18.4 Å². The fourth-order valence-electron chi connectivity index (χ4n) is 2.00. The smallest absolute Gasteiger partial charge is 0.245 e. The molecule has 0 radical (unpaired) electrons. The second-order valence-corrected chi connectivity index (χ2v) is 4.97. The van der Waals surface area contributed by atoms with Crippen LogP contribution >= 0.6 is 0 Å². The zero-order valence-electron chi connectivity index (χ0n) is 14.6. The van der Waals surface area contributed by atoms with E-state index in [-0.39, 0.29) is 25.0 Å². The third-order valence-electron chi connectivity index (χ3n) is 3.11. The van der Waals surface area contributed by atoms with Gasteiger partial charge >= 0.3 is 0 Å². The molecule has 132 valence electrons. The molecule has 2 atom stereocenters. The van der Waals surface area contributed by atoms with E-state index in [1.165, 1.54) is 6.92 Å². The molecule has 0 bridgehead atoms. The van der Waals surface area contributed by atoms with Crippen LogP contribution in [-0.2, 0) is 14.3 Å². The first kappa shape index (κ1) is 21.3. The highest BCUT2D eigenvalue weighted by molar-refractivity contribution is 5.87. The molecule has 0 aromatic rings. The third-order valence-corrected chi connectivity index (χ3v) is 3.11. The highest BCUT2D eigenvalue weighted by Gasteiger charge is 2.26. The van der Waals surface area contributed by atoms with Crippen molar-refractivity contribution >= 4 is 11.8 Å². The van der Waals surface area contributed by atoms with Gasteiger partial charge in [0.15, 0.2) is 0 Å². The van der Waals surface area contributed by atoms with Crippen LogP contribution in [-0.4, -0.2) is 48.8 Å². The van der Waals surface area contributed by atoms with E-state index in [2.05, 4.69) is 22.8 Å². The molecule has 6 heteroatoms. The van der Waals surface area contributed by atoms with Gasteiger partial charge in [-0.3, -0.25) is 9.59 Å². The largest absolute Gasteiger partial charge is 0.395 e. The van der Waals surface area contributed by atoms with Gasteiger partial charge in [0, 0.05) is 13.5 Å². The summed E-state index contributed by atoms with van der Waals surface area (Å²) in [6, 6.07) is -0.776. The Morgan fingerprint density at radius 3 is 2.57 bits per heavy atom. The van der Waals surface area contributed by atoms with Crippen LogP contribution in [0, 0.1) is 0 Å². The summed E-state index contributed by atoms with van der Waals surface area (Å²) >= 11 is 0. The lowest BCUT2D eigenvalue weighted by Gasteiger charge is -2.24. The van der Waals surface area contributed by atoms with Gasteiger partial charge in [0.25, 0.3) is 0 Å². The zero-order valence-corrected chi connectivity index (χ0v) is 14.6. The summed E-state index contributed by atoms with van der Waals surface area (Å²) in [4.78, 5) is 23.2. The molecule has 0 heterocycles. The predicted octanol–water partition coefficient (Wildman–Crippen LogP) is 1.31. The molecule has 0 aliphatic heterocycles. The van der Waals surface area contributed by atoms with Crippen LogP contribution in [0.3, 0.4) is 0 Å². The molecular formula is C17H30N2O4. The Hall–Kier alpha value is -1.66. The topological polar surface area (TPSA) is 87.7 Å². The average Bonchev–Trinajstić information content (AvgIpc) is 2.58. The molecule has 2 unspecified atom stereocenters. The Morgan fingerprint density at radius 2 is 2.04 bits per heavy atom. The zero-order chi connectivity index (χ0) is 17.7. The molecule has 2 amide bonds. The number of ether oxygens (including phenoxy) is 1. The molecule has 0 aromatic heterocycles. The summed E-state index contributed by atoms with van der Waals surface area (Å²) < 4.78 is 5.69. The van der Waals surface area contributed by atoms with E-state index < -0.39 is 12.1 Å². The average molecular weight is 326 g/mol. The minimum Gasteiger partial charge on any atom is -0.395 e. The summed E-state index contributed by atoms with van der Waals surface area (Å²) in [6.45, 7) is 7.50. The second kappa shape index (κ2) is 12.8. The van der Waals surface area contributed by atoms with Gasteiger partial charge in [0.2, 0.25) is 11.8 Å². The van der Waals surface area contributed by atoms with Gasteiger partial charge in [0.05, 0.1) is 19.3 Å². The van der Waals surface area contributed by atoms with Gasteiger partial charge in [-0.2, -0.15) is 0 Å². The molecule has 1 rings (SSSR count). The standard InChI is InChI=1S/C15H24N2O4.C2H6/c1-11(21-10-13-6-4-3-5-7-13)14(17-12(2)19)15(20)16-8-9-18;1-2/h4,6-7,11,14,18H,3,5,8-10H2,1-2H3,(H,16,20)(H,17,19);1-2H3. The van der Waals surface area contributed by atoms with Crippen molar-refractivity contribution in [2.75, 3.05) is 19.8 Å². The number of nitrogens with one attached hydrogen (secondary N) is 2. The number of hydrogen-bond acceptors (Lipinski definition) is 4. The molecular weight excluding hydrogens is 296 g/mol. The summed E-state index contributed by atoms with van der Waals surface area (Å²) in [5.41, 5.74) is 1.07. The maximum atomic E-state index is 12.0. The minimum absolute atomic E-state index is 0.147. The van der Waals surface area contributed by atoms with Crippen molar-refractivity contribution in [1.29, 1.82) is 0 Å². The minimum atomic E-state index is -0.776. The Bertz CT molecular complexity index is 419. The number of amides is 2. The van der Waals surface area contributed by atoms with Gasteiger partial charge < -0.3 is 20.5 Å². The second-order valence-electron chi connectivity index (χ2n) is 4.97. The molecule has 1 aliphatic carbocycles. The Labute approximate surface area is 139 Å². The SMILES string of the molecule is CC.CC(=O)NC(C(=O)NCCO)C(C)OCC1=CCCC=C1. The normalized spacial score (nSPS) is 15.6. The van der Waals surface area contributed by atoms with Crippen molar-refractivity contribution in [3.63, 3.8) is 0 Å². The number of rotatable bonds is 8. The molecule has 0 fully saturated rings. The van der Waals surface area contributed by atoms with E-state index in [9.17, 15) is 9.59 Å². The number of aliphatic hydroxyl groups is 1. The van der Waals surface area contributed by atoms with Crippen LogP contribution in [0.4, 0.5) is 0 Å². The number of hydrogen-bond donors (Lipinski definition) is 3. The van der Waals surface area contributed by atoms with Crippen LogP contribution in [0.1, 0.15) is 40.5 Å². The monoisotopic (exact) mass is 326 g/mol. The number of aliphatic hydroxyl groups excluding tert-OH is 1. The van der Waals surface area contributed by atoms with Crippen molar-refractivity contribution < 1.29 is 19.4 Å². The summed E-state index contributed by atoms with van der Waals surface area (Å²) in [7, 11) is 0. The highest BCUT2D eigenvalue weighted by atomic mass is 16.5. The lowest BCUT2D eigenvalue weighted by atomic mass is 10.1. The molecule has 6 nitrogen and oxygen atoms in total. The molecule has 1 aliphatic rings. The van der Waals surface area contributed by atoms with Crippen molar-refractivity contribution in [2.45, 2.75) is 52.7 Å². The first-order valence-electron chi connectivity index (χ1n) is 8.17. The van der Waals surface area contributed by atoms with E-state index in [1.807, 2.05) is 19.9 Å². The lowest BCUT2D eigenvalue weighted by molar-refractivity contribution is -0.131. The van der Waals surface area contributed by atoms with Crippen LogP contribution in [0.15, 0.2) is 23.8 Å². The van der Waals surface area contributed by atoms with E-state index in [1.54, 1.807) is 6.92 Å². The Balaban J connectivity index is 0.00000232. The molecule has 0 saturated heterocycles. The molecule has 0 saturated carbocycles. The van der Waals surface area contributed by atoms with Gasteiger partial charge in [-0.1, -0.05) is 32.1 Å². The fraction of sp³-hybridized carbons (Fsp3) is 0.647. The predicted molar refractivity (Wildman–Crippen MR) is 90.9 cm³/mol. The molecule has 3 N–H and O–H groups in total. The van der Waals surface area contributed by atoms with Crippen LogP contribution in [0.25, 0.3) is 0 Å². The molecule has 0 spiro atoms. The summed E-state index contributed by atoms with van der Waals surface area (Å²) in [6.07, 6.45) is 7.76. The number of carbonyl (C=O) groups excluding carboxylic acids is 2. The quantitative estimate of drug-likeness (QED) is 0.627. The summed E-state index contributed by atoms with van der Waals surface area (Å²) in [5.74, 6) is -0.661. The maximum Gasteiger partial charge on any atom is 0.245 e. The Morgan fingerprint density at radius 1 is 1.35 bits per heavy atom. The number of carbonyl (C=O) groups is 2. The van der Waals surface area contributed by atoms with Crippen molar-refractivity contribution in [3.8, 4) is 0 Å². The van der Waals surface area contributed by atoms with Crippen LogP contribution < -0.4 is 10.6 Å². The molecule has 0 aromatic carbocycles. The van der Waals surface area contributed by atoms with Gasteiger partial charge in [0.1, 0.15) is 6.04 Å². The van der Waals surface area contributed by atoms with Crippen LogP contribution in [0.2, 0.25) is 0 Å². The van der Waals surface area contributed by atoms with Crippen molar-refractivity contribution in [3.05, 3.63) is 23.8 Å². The maximum absolute atomic E-state index is 12.0. The lowest BCUT2D eigenvalue weighted by Crippen LogP contribution is -2.53. The first-order chi connectivity index (χ1) is 11.0. The third kappa shape index (κ3) is 9.15. The van der Waals surface area contributed by atoms with Gasteiger partial charge in [-0.15, -0.1) is 0 Å². The van der Waals surface area contributed by atoms with E-state index in [0.29, 0.717) is 6.61 Å². The number of allylic oxidation sites excluding steroid dienone is 2. The summed E-state index contributed by atoms with van der Waals surface area (Å²) in [5, 5.41) is 13.9.